The third-order valence-corrected chi connectivity index (χ3v) is 6.16. The SMILES string of the molecule is N#Cc1cccc(C2c3cn[nH]c3N=C(C3CCCC3)C2C#N)c1Br. The van der Waals surface area contributed by atoms with Crippen molar-refractivity contribution in [1.29, 1.82) is 10.5 Å². The standard InChI is InChI=1S/C19H16BrN5/c20-17-12(8-21)6-3-7-13(17)16-14(9-22)18(11-4-1-2-5-11)24-19-15(16)10-23-25-19/h3,6-7,10-11,14,16H,1-2,4-5H2,(H,23,25). The molecule has 2 aromatic rings. The molecule has 6 heteroatoms. The molecule has 4 rings (SSSR count). The van der Waals surface area contributed by atoms with Crippen LogP contribution in [-0.4, -0.2) is 15.9 Å². The van der Waals surface area contributed by atoms with E-state index < -0.39 is 0 Å². The van der Waals surface area contributed by atoms with E-state index in [4.69, 9.17) is 4.99 Å². The molecule has 0 bridgehead atoms. The van der Waals surface area contributed by atoms with Gasteiger partial charge in [0.2, 0.25) is 0 Å². The zero-order valence-corrected chi connectivity index (χ0v) is 15.1. The molecule has 1 aromatic carbocycles. The second kappa shape index (κ2) is 6.46. The van der Waals surface area contributed by atoms with Crippen molar-refractivity contribution in [3.05, 3.63) is 45.6 Å². The first-order valence-electron chi connectivity index (χ1n) is 8.44. The van der Waals surface area contributed by atoms with E-state index in [2.05, 4.69) is 38.3 Å². The molecule has 5 nitrogen and oxygen atoms in total. The number of hydrogen-bond acceptors (Lipinski definition) is 4. The minimum absolute atomic E-state index is 0.172. The fourth-order valence-corrected chi connectivity index (χ4v) is 4.69. The second-order valence-corrected chi connectivity index (χ2v) is 7.39. The van der Waals surface area contributed by atoms with Crippen LogP contribution in [0.3, 0.4) is 0 Å². The van der Waals surface area contributed by atoms with Gasteiger partial charge in [0.05, 0.1) is 23.7 Å². The number of rotatable bonds is 2. The summed E-state index contributed by atoms with van der Waals surface area (Å²) in [6.45, 7) is 0. The van der Waals surface area contributed by atoms with E-state index in [1.807, 2.05) is 12.1 Å². The van der Waals surface area contributed by atoms with Gasteiger partial charge in [0, 0.05) is 21.7 Å². The summed E-state index contributed by atoms with van der Waals surface area (Å²) in [6, 6.07) is 10.3. The van der Waals surface area contributed by atoms with E-state index in [-0.39, 0.29) is 11.8 Å². The average molecular weight is 394 g/mol. The highest BCUT2D eigenvalue weighted by Gasteiger charge is 2.40. The van der Waals surface area contributed by atoms with Crippen LogP contribution >= 0.6 is 15.9 Å². The van der Waals surface area contributed by atoms with Gasteiger partial charge in [-0.3, -0.25) is 5.10 Å². The Hall–Kier alpha value is -2.44. The van der Waals surface area contributed by atoms with Crippen LogP contribution in [-0.2, 0) is 0 Å². The van der Waals surface area contributed by atoms with Crippen molar-refractivity contribution in [2.24, 2.45) is 16.8 Å². The largest absolute Gasteiger partial charge is 0.261 e. The third-order valence-electron chi connectivity index (χ3n) is 5.27. The Balaban J connectivity index is 1.89. The normalized spacial score (nSPS) is 22.8. The maximum Gasteiger partial charge on any atom is 0.151 e. The first kappa shape index (κ1) is 16.1. The van der Waals surface area contributed by atoms with Crippen molar-refractivity contribution in [1.82, 2.24) is 10.2 Å². The highest BCUT2D eigenvalue weighted by Crippen LogP contribution is 2.46. The van der Waals surface area contributed by atoms with Gasteiger partial charge in [-0.05, 0) is 46.3 Å². The van der Waals surface area contributed by atoms with E-state index in [9.17, 15) is 10.5 Å². The molecule has 0 spiro atoms. The fourth-order valence-electron chi connectivity index (χ4n) is 4.09. The molecule has 2 aliphatic rings. The van der Waals surface area contributed by atoms with Crippen LogP contribution in [0.5, 0.6) is 0 Å². The molecule has 0 amide bonds. The van der Waals surface area contributed by atoms with E-state index >= 15 is 0 Å². The van der Waals surface area contributed by atoms with Gasteiger partial charge in [0.1, 0.15) is 6.07 Å². The topological polar surface area (TPSA) is 88.6 Å². The average Bonchev–Trinajstić information content (AvgIpc) is 3.31. The van der Waals surface area contributed by atoms with Crippen molar-refractivity contribution >= 4 is 27.5 Å². The zero-order valence-electron chi connectivity index (χ0n) is 13.5. The lowest BCUT2D eigenvalue weighted by molar-refractivity contribution is 0.630. The first-order valence-corrected chi connectivity index (χ1v) is 9.23. The number of nitrogens with one attached hydrogen (secondary N) is 1. The molecule has 1 aliphatic carbocycles. The van der Waals surface area contributed by atoms with Gasteiger partial charge < -0.3 is 0 Å². The third kappa shape index (κ3) is 2.58. The molecule has 124 valence electrons. The maximum absolute atomic E-state index is 9.99. The summed E-state index contributed by atoms with van der Waals surface area (Å²) in [4.78, 5) is 4.78. The molecular weight excluding hydrogens is 378 g/mol. The van der Waals surface area contributed by atoms with Gasteiger partial charge in [-0.1, -0.05) is 25.0 Å². The fraction of sp³-hybridized carbons (Fsp3) is 0.368. The van der Waals surface area contributed by atoms with Gasteiger partial charge in [-0.25, -0.2) is 4.99 Å². The lowest BCUT2D eigenvalue weighted by Crippen LogP contribution is -2.30. The van der Waals surface area contributed by atoms with Crippen molar-refractivity contribution in [3.8, 4) is 12.1 Å². The molecule has 1 saturated carbocycles. The number of aromatic nitrogens is 2. The lowest BCUT2D eigenvalue weighted by atomic mass is 9.74. The van der Waals surface area contributed by atoms with Crippen LogP contribution < -0.4 is 0 Å². The highest BCUT2D eigenvalue weighted by molar-refractivity contribution is 9.10. The number of nitriles is 2. The minimum atomic E-state index is -0.335. The summed E-state index contributed by atoms with van der Waals surface area (Å²) in [6.07, 6.45) is 6.32. The number of benzene rings is 1. The predicted molar refractivity (Wildman–Crippen MR) is 97.4 cm³/mol. The smallest absolute Gasteiger partial charge is 0.151 e. The molecule has 1 fully saturated rings. The number of halogens is 1. The molecule has 1 N–H and O–H groups in total. The second-order valence-electron chi connectivity index (χ2n) is 6.60. The van der Waals surface area contributed by atoms with Crippen molar-refractivity contribution < 1.29 is 0 Å². The lowest BCUT2D eigenvalue weighted by Gasteiger charge is -2.30. The van der Waals surface area contributed by atoms with E-state index in [0.717, 1.165) is 40.0 Å². The summed E-state index contributed by atoms with van der Waals surface area (Å²) in [5.41, 5.74) is 3.41. The number of aromatic amines is 1. The first-order chi connectivity index (χ1) is 12.2. The molecule has 2 heterocycles. The summed E-state index contributed by atoms with van der Waals surface area (Å²) < 4.78 is 0.752. The Kier molecular flexibility index (Phi) is 4.15. The van der Waals surface area contributed by atoms with Gasteiger partial charge in [0.15, 0.2) is 5.82 Å². The molecule has 1 aromatic heterocycles. The van der Waals surface area contributed by atoms with Crippen molar-refractivity contribution in [2.45, 2.75) is 31.6 Å². The minimum Gasteiger partial charge on any atom is -0.261 e. The van der Waals surface area contributed by atoms with Crippen LogP contribution in [0, 0.1) is 34.5 Å². The maximum atomic E-state index is 9.99. The van der Waals surface area contributed by atoms with Gasteiger partial charge in [0.25, 0.3) is 0 Å². The van der Waals surface area contributed by atoms with Gasteiger partial charge >= 0.3 is 0 Å². The quantitative estimate of drug-likeness (QED) is 0.808. The number of H-pyrrole nitrogens is 1. The van der Waals surface area contributed by atoms with E-state index in [1.54, 1.807) is 12.3 Å². The monoisotopic (exact) mass is 393 g/mol. The van der Waals surface area contributed by atoms with Gasteiger partial charge in [-0.2, -0.15) is 15.6 Å². The Bertz CT molecular complexity index is 924. The van der Waals surface area contributed by atoms with Crippen LogP contribution in [0.15, 0.2) is 33.9 Å². The zero-order chi connectivity index (χ0) is 17.4. The highest BCUT2D eigenvalue weighted by atomic mass is 79.9. The number of aliphatic imine (C=N–C) groups is 1. The molecule has 25 heavy (non-hydrogen) atoms. The molecule has 1 aliphatic heterocycles. The Morgan fingerprint density at radius 2 is 1.96 bits per heavy atom. The molecular formula is C19H16BrN5. The Labute approximate surface area is 154 Å². The Morgan fingerprint density at radius 3 is 2.68 bits per heavy atom. The van der Waals surface area contributed by atoms with Crippen LogP contribution in [0.25, 0.3) is 0 Å². The van der Waals surface area contributed by atoms with Gasteiger partial charge in [-0.15, -0.1) is 0 Å². The summed E-state index contributed by atoms with van der Waals surface area (Å²) in [7, 11) is 0. The molecule has 2 unspecified atom stereocenters. The molecule has 0 saturated heterocycles. The van der Waals surface area contributed by atoms with Crippen LogP contribution in [0.2, 0.25) is 0 Å². The van der Waals surface area contributed by atoms with Crippen LogP contribution in [0.1, 0.15) is 48.3 Å². The number of nitrogens with zero attached hydrogens (tertiary/aromatic N) is 4. The molecule has 0 radical (unpaired) electrons. The number of fused-ring (bicyclic) bond motifs is 1. The van der Waals surface area contributed by atoms with E-state index in [1.165, 1.54) is 12.8 Å². The van der Waals surface area contributed by atoms with Crippen LogP contribution in [0.4, 0.5) is 5.82 Å². The number of hydrogen-bond donors (Lipinski definition) is 1. The predicted octanol–water partition coefficient (Wildman–Crippen LogP) is 4.59. The van der Waals surface area contributed by atoms with Crippen molar-refractivity contribution in [3.63, 3.8) is 0 Å². The molecule has 2 atom stereocenters. The summed E-state index contributed by atoms with van der Waals surface area (Å²) in [5, 5.41) is 26.5. The van der Waals surface area contributed by atoms with Crippen molar-refractivity contribution in [2.75, 3.05) is 0 Å². The Morgan fingerprint density at radius 1 is 1.16 bits per heavy atom. The summed E-state index contributed by atoms with van der Waals surface area (Å²) >= 11 is 3.57. The summed E-state index contributed by atoms with van der Waals surface area (Å²) in [5.74, 6) is 0.599. The van der Waals surface area contributed by atoms with E-state index in [0.29, 0.717) is 11.5 Å².